The van der Waals surface area contributed by atoms with E-state index in [0.29, 0.717) is 5.56 Å². The molecule has 0 amide bonds. The molecule has 0 N–H and O–H groups in total. The van der Waals surface area contributed by atoms with Crippen LogP contribution in [0.4, 0.5) is 18.9 Å². The Balaban J connectivity index is 2.99. The second-order valence-electron chi connectivity index (χ2n) is 4.12. The Hall–Kier alpha value is -1.76. The molecule has 0 fully saturated rings. The lowest BCUT2D eigenvalue weighted by molar-refractivity contribution is -0.0591. The fourth-order valence-electron chi connectivity index (χ4n) is 1.34. The third-order valence-electron chi connectivity index (χ3n) is 2.48. The highest BCUT2D eigenvalue weighted by Gasteiger charge is 2.31. The molecule has 0 bridgehead atoms. The summed E-state index contributed by atoms with van der Waals surface area (Å²) in [4.78, 5) is 3.62. The van der Waals surface area contributed by atoms with Crippen molar-refractivity contribution in [2.75, 3.05) is 0 Å². The minimum absolute atomic E-state index is 0.265. The second-order valence-corrected chi connectivity index (χ2v) is 4.12. The molecule has 1 aromatic rings. The smallest absolute Gasteiger partial charge is 0.247 e. The number of nitrogens with zero attached hydrogens (tertiary/aromatic N) is 1. The van der Waals surface area contributed by atoms with Crippen LogP contribution in [0.5, 0.6) is 0 Å². The number of hydrogen-bond acceptors (Lipinski definition) is 1. The highest BCUT2D eigenvalue weighted by molar-refractivity contribution is 5.90. The van der Waals surface area contributed by atoms with Gasteiger partial charge in [0, 0.05) is 6.42 Å². The van der Waals surface area contributed by atoms with Crippen LogP contribution in [0.15, 0.2) is 29.3 Å². The van der Waals surface area contributed by atoms with E-state index in [1.807, 2.05) is 0 Å². The van der Waals surface area contributed by atoms with Gasteiger partial charge in [-0.15, -0.1) is 0 Å². The first-order valence-corrected chi connectivity index (χ1v) is 6.15. The standard InChI is InChI=1S/C15H16F3N/c1-3-4-5-6-9-13-10-7-8-11-14(13)19-12(2)15(16,17)18/h7-8,10-11H,3-5H2,1-2H3. The van der Waals surface area contributed by atoms with Gasteiger partial charge in [-0.1, -0.05) is 37.3 Å². The zero-order chi connectivity index (χ0) is 14.3. The molecule has 19 heavy (non-hydrogen) atoms. The lowest BCUT2D eigenvalue weighted by atomic mass is 10.1. The number of alkyl halides is 3. The molecule has 102 valence electrons. The molecular formula is C15H16F3N. The third kappa shape index (κ3) is 5.17. The Morgan fingerprint density at radius 1 is 1.26 bits per heavy atom. The predicted molar refractivity (Wildman–Crippen MR) is 71.7 cm³/mol. The summed E-state index contributed by atoms with van der Waals surface area (Å²) in [6, 6.07) is 6.62. The van der Waals surface area contributed by atoms with Gasteiger partial charge in [-0.25, -0.2) is 4.99 Å². The monoisotopic (exact) mass is 267 g/mol. The van der Waals surface area contributed by atoms with Crippen molar-refractivity contribution in [3.63, 3.8) is 0 Å². The maximum absolute atomic E-state index is 12.5. The molecule has 0 aliphatic carbocycles. The summed E-state index contributed by atoms with van der Waals surface area (Å²) in [5, 5.41) is 0. The zero-order valence-electron chi connectivity index (χ0n) is 11.0. The van der Waals surface area contributed by atoms with E-state index in [9.17, 15) is 13.2 Å². The van der Waals surface area contributed by atoms with Crippen molar-refractivity contribution >= 4 is 11.4 Å². The molecule has 0 radical (unpaired) electrons. The fourth-order valence-corrected chi connectivity index (χ4v) is 1.34. The van der Waals surface area contributed by atoms with Gasteiger partial charge in [-0.2, -0.15) is 13.2 Å². The summed E-state index contributed by atoms with van der Waals surface area (Å²) in [5.74, 6) is 5.83. The minimum Gasteiger partial charge on any atom is -0.247 e. The van der Waals surface area contributed by atoms with Crippen LogP contribution < -0.4 is 0 Å². The van der Waals surface area contributed by atoms with Gasteiger partial charge in [0.2, 0.25) is 0 Å². The largest absolute Gasteiger partial charge is 0.429 e. The van der Waals surface area contributed by atoms with E-state index in [2.05, 4.69) is 23.8 Å². The number of aliphatic imine (C=N–C) groups is 1. The first-order valence-electron chi connectivity index (χ1n) is 6.15. The van der Waals surface area contributed by atoms with Gasteiger partial charge in [0.15, 0.2) is 0 Å². The molecule has 0 saturated heterocycles. The molecule has 4 heteroatoms. The third-order valence-corrected chi connectivity index (χ3v) is 2.48. The molecule has 0 aromatic heterocycles. The average molecular weight is 267 g/mol. The van der Waals surface area contributed by atoms with E-state index < -0.39 is 11.9 Å². The van der Waals surface area contributed by atoms with Crippen LogP contribution in [-0.2, 0) is 0 Å². The van der Waals surface area contributed by atoms with Crippen molar-refractivity contribution in [3.8, 4) is 11.8 Å². The Morgan fingerprint density at radius 3 is 2.58 bits per heavy atom. The van der Waals surface area contributed by atoms with Gasteiger partial charge < -0.3 is 0 Å². The van der Waals surface area contributed by atoms with Gasteiger partial charge >= 0.3 is 6.18 Å². The first kappa shape index (κ1) is 15.3. The van der Waals surface area contributed by atoms with Crippen LogP contribution in [0.1, 0.15) is 38.7 Å². The van der Waals surface area contributed by atoms with Gasteiger partial charge in [-0.3, -0.25) is 0 Å². The molecule has 0 spiro atoms. The number of unbranched alkanes of at least 4 members (excludes halogenated alkanes) is 2. The number of halogens is 3. The van der Waals surface area contributed by atoms with Gasteiger partial charge in [0.25, 0.3) is 0 Å². The maximum Gasteiger partial charge on any atom is 0.429 e. The molecule has 1 nitrogen and oxygen atoms in total. The quantitative estimate of drug-likeness (QED) is 0.420. The maximum atomic E-state index is 12.5. The van der Waals surface area contributed by atoms with E-state index in [1.54, 1.807) is 24.3 Å². The number of para-hydroxylation sites is 1. The van der Waals surface area contributed by atoms with Crippen molar-refractivity contribution < 1.29 is 13.2 Å². The SMILES string of the molecule is CCCCC#Cc1ccccc1N=C(C)C(F)(F)F. The van der Waals surface area contributed by atoms with Crippen molar-refractivity contribution in [1.82, 2.24) is 0 Å². The van der Waals surface area contributed by atoms with Crippen LogP contribution in [0.3, 0.4) is 0 Å². The molecule has 0 saturated carbocycles. The minimum atomic E-state index is -4.40. The van der Waals surface area contributed by atoms with Crippen molar-refractivity contribution in [3.05, 3.63) is 29.8 Å². The summed E-state index contributed by atoms with van der Waals surface area (Å²) < 4.78 is 37.4. The van der Waals surface area contributed by atoms with E-state index in [4.69, 9.17) is 0 Å². The molecule has 1 rings (SSSR count). The molecule has 0 aliphatic heterocycles. The molecule has 0 heterocycles. The Bertz CT molecular complexity index is 504. The van der Waals surface area contributed by atoms with E-state index in [0.717, 1.165) is 26.2 Å². The number of hydrogen-bond donors (Lipinski definition) is 0. The highest BCUT2D eigenvalue weighted by Crippen LogP contribution is 2.23. The molecule has 0 unspecified atom stereocenters. The van der Waals surface area contributed by atoms with E-state index in [1.165, 1.54) is 0 Å². The number of benzene rings is 1. The summed E-state index contributed by atoms with van der Waals surface area (Å²) in [6.45, 7) is 3.02. The van der Waals surface area contributed by atoms with Crippen LogP contribution >= 0.6 is 0 Å². The van der Waals surface area contributed by atoms with Crippen molar-refractivity contribution in [1.29, 1.82) is 0 Å². The predicted octanol–water partition coefficient (Wildman–Crippen LogP) is 4.88. The summed E-state index contributed by atoms with van der Waals surface area (Å²) in [6.07, 6.45) is -1.63. The summed E-state index contributed by atoms with van der Waals surface area (Å²) in [5.41, 5.74) is -0.0705. The van der Waals surface area contributed by atoms with Gasteiger partial charge in [0.05, 0.1) is 11.3 Å². The second kappa shape index (κ2) is 6.98. The lowest BCUT2D eigenvalue weighted by Crippen LogP contribution is -2.18. The molecule has 1 aromatic carbocycles. The van der Waals surface area contributed by atoms with Crippen LogP contribution in [-0.4, -0.2) is 11.9 Å². The summed E-state index contributed by atoms with van der Waals surface area (Å²) in [7, 11) is 0. The van der Waals surface area contributed by atoms with Crippen LogP contribution in [0.25, 0.3) is 0 Å². The van der Waals surface area contributed by atoms with Gasteiger partial charge in [0.1, 0.15) is 5.71 Å². The van der Waals surface area contributed by atoms with Crippen LogP contribution in [0.2, 0.25) is 0 Å². The number of rotatable bonds is 3. The van der Waals surface area contributed by atoms with Gasteiger partial charge in [-0.05, 0) is 25.5 Å². The average Bonchev–Trinajstić information content (AvgIpc) is 2.35. The van der Waals surface area contributed by atoms with E-state index >= 15 is 0 Å². The van der Waals surface area contributed by atoms with Crippen LogP contribution in [0, 0.1) is 11.8 Å². The first-order chi connectivity index (χ1) is 8.95. The summed E-state index contributed by atoms with van der Waals surface area (Å²) >= 11 is 0. The molecular weight excluding hydrogens is 251 g/mol. The highest BCUT2D eigenvalue weighted by atomic mass is 19.4. The molecule has 0 aliphatic rings. The van der Waals surface area contributed by atoms with Crippen molar-refractivity contribution in [2.24, 2.45) is 4.99 Å². The Morgan fingerprint density at radius 2 is 1.95 bits per heavy atom. The fraction of sp³-hybridized carbons (Fsp3) is 0.400. The zero-order valence-corrected chi connectivity index (χ0v) is 11.0. The lowest BCUT2D eigenvalue weighted by Gasteiger charge is -2.06. The molecule has 0 atom stereocenters. The topological polar surface area (TPSA) is 12.4 Å². The van der Waals surface area contributed by atoms with E-state index in [-0.39, 0.29) is 5.69 Å². The normalized spacial score (nSPS) is 11.9. The Labute approximate surface area is 111 Å². The Kier molecular flexibility index (Phi) is 5.62. The van der Waals surface area contributed by atoms with Crippen molar-refractivity contribution in [2.45, 2.75) is 39.3 Å².